The van der Waals surface area contributed by atoms with Gasteiger partial charge >= 0.3 is 5.63 Å². The number of Topliss-reactive ketones (excluding diaryl/α,β-unsaturated/α-hetero) is 1. The van der Waals surface area contributed by atoms with Gasteiger partial charge in [-0.05, 0) is 67.6 Å². The Morgan fingerprint density at radius 3 is 2.68 bits per heavy atom. The second kappa shape index (κ2) is 7.11. The summed E-state index contributed by atoms with van der Waals surface area (Å²) < 4.78 is 30.0. The van der Waals surface area contributed by atoms with Crippen LogP contribution in [0.25, 0.3) is 11.0 Å². The van der Waals surface area contributed by atoms with Crippen molar-refractivity contribution in [1.82, 2.24) is 0 Å². The van der Waals surface area contributed by atoms with E-state index in [0.717, 1.165) is 35.4 Å². The van der Waals surface area contributed by atoms with Gasteiger partial charge in [0.15, 0.2) is 24.0 Å². The lowest BCUT2D eigenvalue weighted by Gasteiger charge is -2.13. The smallest absolute Gasteiger partial charge is 0.339 e. The van der Waals surface area contributed by atoms with Gasteiger partial charge in [0.05, 0.1) is 12.5 Å². The molecule has 0 bridgehead atoms. The number of ether oxygens (including phenoxy) is 2. The van der Waals surface area contributed by atoms with Gasteiger partial charge < -0.3 is 13.9 Å². The van der Waals surface area contributed by atoms with Gasteiger partial charge in [-0.15, -0.1) is 0 Å². The molecule has 6 heteroatoms. The molecule has 0 radical (unpaired) electrons. The summed E-state index contributed by atoms with van der Waals surface area (Å²) in [6.07, 6.45) is 2.34. The number of carbonyl (C=O) groups is 1. The first-order valence-electron chi connectivity index (χ1n) is 9.06. The predicted molar refractivity (Wildman–Crippen MR) is 102 cm³/mol. The van der Waals surface area contributed by atoms with E-state index in [-0.39, 0.29) is 29.3 Å². The minimum atomic E-state index is -0.603. The fraction of sp³-hybridized carbons (Fsp3) is 0.273. The molecule has 0 saturated carbocycles. The number of ketones is 1. The standard InChI is InChI=1S/C22H19FO5/c1-12-8-19(21-14-4-3-5-15(14)22(25)28-20(21)9-12)27-11-17(24)13-6-7-18(26-2)16(23)10-13/h6-10H,3-5,11H2,1-2H3. The number of aryl methyl sites for hydroxylation is 2. The SMILES string of the molecule is COc1ccc(C(=O)COc2cc(C)cc3oc(=O)c4c(c23)CCC4)cc1F. The van der Waals surface area contributed by atoms with Gasteiger partial charge in [-0.2, -0.15) is 0 Å². The van der Waals surface area contributed by atoms with E-state index >= 15 is 0 Å². The highest BCUT2D eigenvalue weighted by atomic mass is 19.1. The van der Waals surface area contributed by atoms with Crippen LogP contribution in [0.4, 0.5) is 4.39 Å². The van der Waals surface area contributed by atoms with Crippen molar-refractivity contribution in [2.75, 3.05) is 13.7 Å². The Labute approximate surface area is 160 Å². The zero-order chi connectivity index (χ0) is 19.8. The summed E-state index contributed by atoms with van der Waals surface area (Å²) in [5, 5.41) is 0.742. The average Bonchev–Trinajstić information content (AvgIpc) is 3.15. The van der Waals surface area contributed by atoms with Crippen molar-refractivity contribution in [2.24, 2.45) is 0 Å². The number of benzene rings is 2. The van der Waals surface area contributed by atoms with Crippen LogP contribution in [0.2, 0.25) is 0 Å². The van der Waals surface area contributed by atoms with Crippen LogP contribution in [0, 0.1) is 12.7 Å². The fourth-order valence-corrected chi connectivity index (χ4v) is 3.69. The monoisotopic (exact) mass is 382 g/mol. The summed E-state index contributed by atoms with van der Waals surface area (Å²) in [5.74, 6) is -0.383. The van der Waals surface area contributed by atoms with Gasteiger partial charge in [0.1, 0.15) is 11.3 Å². The molecule has 1 aliphatic carbocycles. The fourth-order valence-electron chi connectivity index (χ4n) is 3.69. The zero-order valence-corrected chi connectivity index (χ0v) is 15.6. The van der Waals surface area contributed by atoms with E-state index in [0.29, 0.717) is 23.3 Å². The van der Waals surface area contributed by atoms with Crippen molar-refractivity contribution in [1.29, 1.82) is 0 Å². The van der Waals surface area contributed by atoms with E-state index in [1.165, 1.54) is 19.2 Å². The number of hydrogen-bond donors (Lipinski definition) is 0. The van der Waals surface area contributed by atoms with Crippen LogP contribution < -0.4 is 15.1 Å². The molecular weight excluding hydrogens is 363 g/mol. The lowest BCUT2D eigenvalue weighted by atomic mass is 10.0. The van der Waals surface area contributed by atoms with Crippen molar-refractivity contribution in [3.63, 3.8) is 0 Å². The molecule has 0 fully saturated rings. The van der Waals surface area contributed by atoms with Gasteiger partial charge in [0.25, 0.3) is 0 Å². The van der Waals surface area contributed by atoms with Gasteiger partial charge in [0, 0.05) is 11.1 Å². The summed E-state index contributed by atoms with van der Waals surface area (Å²) in [6.45, 7) is 1.61. The second-order valence-electron chi connectivity index (χ2n) is 6.90. The molecule has 0 N–H and O–H groups in total. The average molecular weight is 382 g/mol. The summed E-state index contributed by atoms with van der Waals surface area (Å²) >= 11 is 0. The number of halogens is 1. The second-order valence-corrected chi connectivity index (χ2v) is 6.90. The third kappa shape index (κ3) is 3.15. The van der Waals surface area contributed by atoms with E-state index in [2.05, 4.69) is 0 Å². The summed E-state index contributed by atoms with van der Waals surface area (Å²) in [5.41, 5.74) is 2.83. The Balaban J connectivity index is 1.67. The highest BCUT2D eigenvalue weighted by Crippen LogP contribution is 2.35. The maximum atomic E-state index is 13.9. The van der Waals surface area contributed by atoms with Crippen LogP contribution in [0.3, 0.4) is 0 Å². The number of carbonyl (C=O) groups excluding carboxylic acids is 1. The Morgan fingerprint density at radius 2 is 1.93 bits per heavy atom. The van der Waals surface area contributed by atoms with Crippen LogP contribution >= 0.6 is 0 Å². The molecule has 4 rings (SSSR count). The number of hydrogen-bond acceptors (Lipinski definition) is 5. The lowest BCUT2D eigenvalue weighted by Crippen LogP contribution is -2.13. The summed E-state index contributed by atoms with van der Waals surface area (Å²) in [4.78, 5) is 24.6. The third-order valence-corrected chi connectivity index (χ3v) is 5.01. The Bertz CT molecular complexity index is 1150. The van der Waals surface area contributed by atoms with Crippen LogP contribution in [0.5, 0.6) is 11.5 Å². The first kappa shape index (κ1) is 18.2. The number of methoxy groups -OCH3 is 1. The number of rotatable bonds is 5. The highest BCUT2D eigenvalue weighted by molar-refractivity contribution is 5.98. The maximum absolute atomic E-state index is 13.9. The minimum absolute atomic E-state index is 0.0766. The third-order valence-electron chi connectivity index (χ3n) is 5.01. The van der Waals surface area contributed by atoms with Crippen molar-refractivity contribution >= 4 is 16.8 Å². The Morgan fingerprint density at radius 1 is 1.14 bits per heavy atom. The van der Waals surface area contributed by atoms with Crippen LogP contribution in [-0.2, 0) is 12.8 Å². The van der Waals surface area contributed by atoms with Gasteiger partial charge in [-0.1, -0.05) is 0 Å². The topological polar surface area (TPSA) is 65.7 Å². The van der Waals surface area contributed by atoms with Crippen molar-refractivity contribution in [3.8, 4) is 11.5 Å². The Kier molecular flexibility index (Phi) is 4.63. The largest absolute Gasteiger partial charge is 0.494 e. The highest BCUT2D eigenvalue weighted by Gasteiger charge is 2.23. The van der Waals surface area contributed by atoms with Crippen LogP contribution in [0.15, 0.2) is 39.5 Å². The van der Waals surface area contributed by atoms with Crippen LogP contribution in [-0.4, -0.2) is 19.5 Å². The van der Waals surface area contributed by atoms with E-state index in [4.69, 9.17) is 13.9 Å². The van der Waals surface area contributed by atoms with E-state index in [1.807, 2.05) is 13.0 Å². The van der Waals surface area contributed by atoms with Gasteiger partial charge in [-0.3, -0.25) is 4.79 Å². The van der Waals surface area contributed by atoms with E-state index in [9.17, 15) is 14.0 Å². The van der Waals surface area contributed by atoms with Gasteiger partial charge in [0.2, 0.25) is 0 Å². The molecule has 28 heavy (non-hydrogen) atoms. The predicted octanol–water partition coefficient (Wildman–Crippen LogP) is 4.00. The van der Waals surface area contributed by atoms with E-state index in [1.54, 1.807) is 6.07 Å². The number of fused-ring (bicyclic) bond motifs is 3. The first-order valence-corrected chi connectivity index (χ1v) is 9.06. The Hall–Kier alpha value is -3.15. The molecule has 0 aliphatic heterocycles. The van der Waals surface area contributed by atoms with E-state index < -0.39 is 5.82 Å². The molecule has 5 nitrogen and oxygen atoms in total. The molecule has 3 aromatic rings. The molecule has 0 atom stereocenters. The molecule has 2 aromatic carbocycles. The van der Waals surface area contributed by atoms with Crippen molar-refractivity contribution in [2.45, 2.75) is 26.2 Å². The molecule has 0 spiro atoms. The first-order chi connectivity index (χ1) is 13.5. The van der Waals surface area contributed by atoms with Crippen molar-refractivity contribution < 1.29 is 23.1 Å². The molecule has 0 unspecified atom stereocenters. The molecule has 144 valence electrons. The zero-order valence-electron chi connectivity index (χ0n) is 15.6. The van der Waals surface area contributed by atoms with Crippen molar-refractivity contribution in [3.05, 3.63) is 68.8 Å². The quantitative estimate of drug-likeness (QED) is 0.493. The van der Waals surface area contributed by atoms with Crippen LogP contribution in [0.1, 0.15) is 33.5 Å². The maximum Gasteiger partial charge on any atom is 0.339 e. The molecule has 0 amide bonds. The molecule has 1 aromatic heterocycles. The lowest BCUT2D eigenvalue weighted by molar-refractivity contribution is 0.0922. The summed E-state index contributed by atoms with van der Waals surface area (Å²) in [6, 6.07) is 7.66. The summed E-state index contributed by atoms with van der Waals surface area (Å²) in [7, 11) is 1.36. The van der Waals surface area contributed by atoms with Gasteiger partial charge in [-0.25, -0.2) is 9.18 Å². The minimum Gasteiger partial charge on any atom is -0.494 e. The molecule has 1 aliphatic rings. The molecular formula is C22H19FO5. The normalized spacial score (nSPS) is 12.8. The molecule has 1 heterocycles. The molecule has 0 saturated heterocycles.